The molecule has 1 aliphatic heterocycles. The van der Waals surface area contributed by atoms with Gasteiger partial charge in [0.15, 0.2) is 11.5 Å². The molecule has 11 nitrogen and oxygen atoms in total. The number of benzene rings is 3. The number of fused-ring (bicyclic) bond motifs is 3. The minimum atomic E-state index is -1.82. The number of hydrogen-bond donors (Lipinski definition) is 2. The van der Waals surface area contributed by atoms with Crippen molar-refractivity contribution in [1.82, 2.24) is 14.4 Å². The third-order valence-corrected chi connectivity index (χ3v) is 7.31. The summed E-state index contributed by atoms with van der Waals surface area (Å²) in [7, 11) is 4.67. The summed E-state index contributed by atoms with van der Waals surface area (Å²) in [5.74, 6) is -2.22. The first kappa shape index (κ1) is 30.2. The Bertz CT molecular complexity index is 1570. The molecule has 42 heavy (non-hydrogen) atoms. The molecule has 222 valence electrons. The van der Waals surface area contributed by atoms with E-state index in [1.165, 1.54) is 27.4 Å². The van der Waals surface area contributed by atoms with Crippen LogP contribution in [0.3, 0.4) is 0 Å². The van der Waals surface area contributed by atoms with E-state index in [0.717, 1.165) is 26.2 Å². The molecule has 4 aromatic rings. The van der Waals surface area contributed by atoms with Gasteiger partial charge in [0, 0.05) is 66.6 Å². The summed E-state index contributed by atoms with van der Waals surface area (Å²) in [5.41, 5.74) is 4.40. The second kappa shape index (κ2) is 13.3. The normalized spacial score (nSPS) is 13.4. The SMILES string of the molecule is CCn1c2ccccc2c2cc(CN3CCN(C(=O)c4cc(OC)c(OC)c(OC)c4)CC3)ccc21.O=C(O)C(=O)O. The fourth-order valence-electron chi connectivity index (χ4n) is 5.29. The Kier molecular flexibility index (Phi) is 9.53. The molecule has 3 aromatic carbocycles. The number of aliphatic carboxylic acids is 2. The van der Waals surface area contributed by atoms with Gasteiger partial charge in [0.05, 0.1) is 21.3 Å². The first-order valence-electron chi connectivity index (χ1n) is 13.5. The Labute approximate surface area is 243 Å². The van der Waals surface area contributed by atoms with Crippen molar-refractivity contribution in [3.63, 3.8) is 0 Å². The van der Waals surface area contributed by atoms with Gasteiger partial charge < -0.3 is 33.9 Å². The maximum atomic E-state index is 13.3. The maximum Gasteiger partial charge on any atom is 0.414 e. The lowest BCUT2D eigenvalue weighted by Crippen LogP contribution is -2.48. The Morgan fingerprint density at radius 3 is 1.90 bits per heavy atom. The molecule has 0 unspecified atom stereocenters. The molecule has 0 aliphatic carbocycles. The van der Waals surface area contributed by atoms with Crippen LogP contribution < -0.4 is 14.2 Å². The molecule has 0 bridgehead atoms. The number of carboxylic acid groups (broad SMARTS) is 2. The van der Waals surface area contributed by atoms with E-state index in [1.54, 1.807) is 33.5 Å². The van der Waals surface area contributed by atoms with Crippen LogP contribution in [0.15, 0.2) is 54.6 Å². The topological polar surface area (TPSA) is 131 Å². The minimum Gasteiger partial charge on any atom is -0.493 e. The van der Waals surface area contributed by atoms with Gasteiger partial charge in [-0.2, -0.15) is 0 Å². The van der Waals surface area contributed by atoms with Crippen LogP contribution in [0.2, 0.25) is 0 Å². The molecular weight excluding hydrogens is 542 g/mol. The lowest BCUT2D eigenvalue weighted by Gasteiger charge is -2.35. The van der Waals surface area contributed by atoms with Crippen LogP contribution in [-0.2, 0) is 22.7 Å². The van der Waals surface area contributed by atoms with Gasteiger partial charge in [-0.25, -0.2) is 9.59 Å². The number of piperazine rings is 1. The third-order valence-electron chi connectivity index (χ3n) is 7.31. The van der Waals surface area contributed by atoms with E-state index >= 15 is 0 Å². The lowest BCUT2D eigenvalue weighted by molar-refractivity contribution is -0.159. The predicted octanol–water partition coefficient (Wildman–Crippen LogP) is 3.95. The molecule has 1 fully saturated rings. The monoisotopic (exact) mass is 577 g/mol. The molecule has 1 aromatic heterocycles. The quantitative estimate of drug-likeness (QED) is 0.314. The summed E-state index contributed by atoms with van der Waals surface area (Å²) >= 11 is 0. The van der Waals surface area contributed by atoms with Crippen LogP contribution >= 0.6 is 0 Å². The number of aryl methyl sites for hydroxylation is 1. The van der Waals surface area contributed by atoms with Gasteiger partial charge in [0.2, 0.25) is 5.75 Å². The van der Waals surface area contributed by atoms with Gasteiger partial charge in [0.25, 0.3) is 5.91 Å². The highest BCUT2D eigenvalue weighted by Crippen LogP contribution is 2.38. The van der Waals surface area contributed by atoms with Crippen molar-refractivity contribution in [2.24, 2.45) is 0 Å². The van der Waals surface area contributed by atoms with Gasteiger partial charge in [-0.15, -0.1) is 0 Å². The zero-order valence-electron chi connectivity index (χ0n) is 24.1. The van der Waals surface area contributed by atoms with Crippen LogP contribution in [0.1, 0.15) is 22.8 Å². The van der Waals surface area contributed by atoms with Crippen molar-refractivity contribution >= 4 is 39.7 Å². The summed E-state index contributed by atoms with van der Waals surface area (Å²) in [5, 5.41) is 17.4. The van der Waals surface area contributed by atoms with Crippen molar-refractivity contribution in [3.05, 3.63) is 65.7 Å². The number of amides is 1. The largest absolute Gasteiger partial charge is 0.493 e. The number of methoxy groups -OCH3 is 3. The molecule has 0 radical (unpaired) electrons. The number of aromatic nitrogens is 1. The van der Waals surface area contributed by atoms with Gasteiger partial charge in [-0.3, -0.25) is 9.69 Å². The van der Waals surface area contributed by atoms with Crippen molar-refractivity contribution in [2.45, 2.75) is 20.0 Å². The molecule has 5 rings (SSSR count). The van der Waals surface area contributed by atoms with Crippen LogP contribution in [-0.4, -0.2) is 89.9 Å². The highest BCUT2D eigenvalue weighted by atomic mass is 16.5. The third kappa shape index (κ3) is 6.26. The van der Waals surface area contributed by atoms with E-state index in [0.29, 0.717) is 35.9 Å². The predicted molar refractivity (Wildman–Crippen MR) is 158 cm³/mol. The number of hydrogen-bond acceptors (Lipinski definition) is 7. The summed E-state index contributed by atoms with van der Waals surface area (Å²) in [6.07, 6.45) is 0. The Hall–Kier alpha value is -4.77. The van der Waals surface area contributed by atoms with Crippen LogP contribution in [0, 0.1) is 0 Å². The maximum absolute atomic E-state index is 13.3. The second-order valence-electron chi connectivity index (χ2n) is 9.71. The van der Waals surface area contributed by atoms with Gasteiger partial charge >= 0.3 is 11.9 Å². The summed E-state index contributed by atoms with van der Waals surface area (Å²) in [6, 6.07) is 18.9. The number of carbonyl (C=O) groups is 3. The fourth-order valence-corrected chi connectivity index (χ4v) is 5.29. The first-order valence-corrected chi connectivity index (χ1v) is 13.5. The van der Waals surface area contributed by atoms with Crippen LogP contribution in [0.5, 0.6) is 17.2 Å². The second-order valence-corrected chi connectivity index (χ2v) is 9.71. The fraction of sp³-hybridized carbons (Fsp3) is 0.323. The zero-order valence-corrected chi connectivity index (χ0v) is 24.1. The van der Waals surface area contributed by atoms with Gasteiger partial charge in [0.1, 0.15) is 0 Å². The molecule has 1 saturated heterocycles. The molecule has 2 N–H and O–H groups in total. The molecule has 0 saturated carbocycles. The van der Waals surface area contributed by atoms with Crippen molar-refractivity contribution in [1.29, 1.82) is 0 Å². The molecular formula is C31H35N3O8. The molecule has 1 amide bonds. The van der Waals surface area contributed by atoms with E-state index in [4.69, 9.17) is 34.0 Å². The first-order chi connectivity index (χ1) is 20.2. The van der Waals surface area contributed by atoms with E-state index in [1.807, 2.05) is 4.90 Å². The highest BCUT2D eigenvalue weighted by Gasteiger charge is 2.25. The van der Waals surface area contributed by atoms with Gasteiger partial charge in [-0.1, -0.05) is 24.3 Å². The number of rotatable bonds is 7. The number of carbonyl (C=O) groups excluding carboxylic acids is 1. The number of nitrogens with zero attached hydrogens (tertiary/aromatic N) is 3. The lowest BCUT2D eigenvalue weighted by atomic mass is 10.1. The van der Waals surface area contributed by atoms with E-state index in [2.05, 4.69) is 58.9 Å². The molecule has 1 aliphatic rings. The van der Waals surface area contributed by atoms with E-state index in [9.17, 15) is 4.79 Å². The minimum absolute atomic E-state index is 0.0253. The molecule has 11 heteroatoms. The van der Waals surface area contributed by atoms with Crippen molar-refractivity contribution in [3.8, 4) is 17.2 Å². The Balaban J connectivity index is 0.000000612. The number of carboxylic acids is 2. The summed E-state index contributed by atoms with van der Waals surface area (Å²) < 4.78 is 18.6. The molecule has 0 atom stereocenters. The summed E-state index contributed by atoms with van der Waals surface area (Å²) in [6.45, 7) is 7.01. The average molecular weight is 578 g/mol. The Morgan fingerprint density at radius 2 is 1.36 bits per heavy atom. The van der Waals surface area contributed by atoms with Crippen LogP contribution in [0.4, 0.5) is 0 Å². The number of ether oxygens (including phenoxy) is 3. The van der Waals surface area contributed by atoms with Gasteiger partial charge in [-0.05, 0) is 42.8 Å². The zero-order chi connectivity index (χ0) is 30.4. The number of para-hydroxylation sites is 1. The Morgan fingerprint density at radius 1 is 0.762 bits per heavy atom. The standard InChI is InChI=1S/C29H33N3O4.C2H2O4/c1-5-32-24-9-7-6-8-22(24)23-16-20(10-11-25(23)32)19-30-12-14-31(15-13-30)29(33)21-17-26(34-2)28(36-4)27(18-21)35-3;3-1(4)2(5)6/h6-11,16-18H,5,12-15,19H2,1-4H3;(H,3,4)(H,5,6). The van der Waals surface area contributed by atoms with Crippen molar-refractivity contribution < 1.29 is 38.8 Å². The average Bonchev–Trinajstić information content (AvgIpc) is 3.33. The summed E-state index contributed by atoms with van der Waals surface area (Å²) in [4.78, 5) is 35.8. The van der Waals surface area contributed by atoms with E-state index < -0.39 is 11.9 Å². The highest BCUT2D eigenvalue weighted by molar-refractivity contribution is 6.27. The molecule has 2 heterocycles. The van der Waals surface area contributed by atoms with Crippen LogP contribution in [0.25, 0.3) is 21.8 Å². The van der Waals surface area contributed by atoms with E-state index in [-0.39, 0.29) is 5.91 Å². The smallest absolute Gasteiger partial charge is 0.414 e. The van der Waals surface area contributed by atoms with Crippen molar-refractivity contribution in [2.75, 3.05) is 47.5 Å². The molecule has 0 spiro atoms.